The van der Waals surface area contributed by atoms with Crippen LogP contribution < -0.4 is 10.6 Å². The van der Waals surface area contributed by atoms with Gasteiger partial charge >= 0.3 is 0 Å². The van der Waals surface area contributed by atoms with Gasteiger partial charge in [0.2, 0.25) is 0 Å². The molecule has 20 heavy (non-hydrogen) atoms. The minimum atomic E-state index is 0.623. The summed E-state index contributed by atoms with van der Waals surface area (Å²) in [6.07, 6.45) is 3.86. The van der Waals surface area contributed by atoms with Crippen LogP contribution >= 0.6 is 12.2 Å². The first kappa shape index (κ1) is 14.5. The van der Waals surface area contributed by atoms with Crippen LogP contribution in [0.4, 0.5) is 0 Å². The summed E-state index contributed by atoms with van der Waals surface area (Å²) in [4.78, 5) is 0. The first-order valence-electron chi connectivity index (χ1n) is 6.61. The van der Waals surface area contributed by atoms with Crippen molar-refractivity contribution in [3.63, 3.8) is 0 Å². The van der Waals surface area contributed by atoms with Crippen LogP contribution in [-0.2, 0) is 26.7 Å². The van der Waals surface area contributed by atoms with Crippen LogP contribution in [0, 0.1) is 6.92 Å². The van der Waals surface area contributed by atoms with Crippen LogP contribution in [0.3, 0.4) is 0 Å². The minimum Gasteiger partial charge on any atom is -0.359 e. The maximum absolute atomic E-state index is 5.24. The van der Waals surface area contributed by atoms with Crippen LogP contribution in [-0.4, -0.2) is 24.7 Å². The van der Waals surface area contributed by atoms with Gasteiger partial charge in [-0.1, -0.05) is 0 Å². The molecular formula is C13H20N6S. The van der Waals surface area contributed by atoms with Gasteiger partial charge in [-0.05, 0) is 32.1 Å². The summed E-state index contributed by atoms with van der Waals surface area (Å²) in [5, 5.41) is 15.5. The molecule has 0 aromatic carbocycles. The molecule has 0 amide bonds. The van der Waals surface area contributed by atoms with E-state index in [9.17, 15) is 0 Å². The lowest BCUT2D eigenvalue weighted by molar-refractivity contribution is 0.658. The first-order valence-corrected chi connectivity index (χ1v) is 7.02. The average Bonchev–Trinajstić information content (AvgIpc) is 3.01. The first-order chi connectivity index (χ1) is 9.58. The van der Waals surface area contributed by atoms with Crippen molar-refractivity contribution in [1.82, 2.24) is 30.2 Å². The topological polar surface area (TPSA) is 59.7 Å². The molecule has 6 nitrogen and oxygen atoms in total. The minimum absolute atomic E-state index is 0.623. The van der Waals surface area contributed by atoms with E-state index in [0.29, 0.717) is 18.2 Å². The van der Waals surface area contributed by atoms with E-state index in [-0.39, 0.29) is 0 Å². The van der Waals surface area contributed by atoms with Crippen molar-refractivity contribution in [2.24, 2.45) is 7.05 Å². The molecule has 0 saturated heterocycles. The highest BCUT2D eigenvalue weighted by Gasteiger charge is 2.03. The second-order valence-electron chi connectivity index (χ2n) is 4.64. The van der Waals surface area contributed by atoms with Crippen LogP contribution in [0.2, 0.25) is 0 Å². The van der Waals surface area contributed by atoms with Crippen molar-refractivity contribution in [1.29, 1.82) is 0 Å². The molecule has 0 unspecified atom stereocenters. The maximum Gasteiger partial charge on any atom is 0.166 e. The third-order valence-electron chi connectivity index (χ3n) is 3.06. The van der Waals surface area contributed by atoms with Gasteiger partial charge in [-0.3, -0.25) is 9.36 Å². The summed E-state index contributed by atoms with van der Waals surface area (Å²) in [5.74, 6) is 0. The zero-order valence-electron chi connectivity index (χ0n) is 12.1. The number of hydrogen-bond donors (Lipinski definition) is 2. The van der Waals surface area contributed by atoms with Gasteiger partial charge in [0.05, 0.1) is 18.4 Å². The molecule has 0 fully saturated rings. The predicted molar refractivity (Wildman–Crippen MR) is 82.1 cm³/mol. The average molecular weight is 292 g/mol. The predicted octanol–water partition coefficient (Wildman–Crippen LogP) is 1.11. The molecule has 0 bridgehead atoms. The Hall–Kier alpha value is -1.89. The summed E-state index contributed by atoms with van der Waals surface area (Å²) in [5.41, 5.74) is 3.23. The van der Waals surface area contributed by atoms with Crippen molar-refractivity contribution in [3.05, 3.63) is 35.4 Å². The third-order valence-corrected chi connectivity index (χ3v) is 3.35. The fourth-order valence-electron chi connectivity index (χ4n) is 1.81. The number of nitrogens with zero attached hydrogens (tertiary/aromatic N) is 4. The summed E-state index contributed by atoms with van der Waals surface area (Å²) in [6.45, 7) is 6.26. The van der Waals surface area contributed by atoms with Gasteiger partial charge in [0, 0.05) is 37.6 Å². The van der Waals surface area contributed by atoms with Crippen LogP contribution in [0.1, 0.15) is 23.9 Å². The highest BCUT2D eigenvalue weighted by molar-refractivity contribution is 7.80. The molecule has 2 rings (SSSR count). The zero-order chi connectivity index (χ0) is 14.5. The molecule has 2 aromatic heterocycles. The second-order valence-corrected chi connectivity index (χ2v) is 5.05. The smallest absolute Gasteiger partial charge is 0.166 e. The molecule has 2 N–H and O–H groups in total. The quantitative estimate of drug-likeness (QED) is 0.809. The standard InChI is InChI=1S/C13H20N6S/c1-4-19-9-11(7-16-19)6-14-13(20)15-8-12-5-10(2)18(3)17-12/h5,7,9H,4,6,8H2,1-3H3,(H2,14,15,20). The monoisotopic (exact) mass is 292 g/mol. The molecule has 108 valence electrons. The Morgan fingerprint density at radius 3 is 2.70 bits per heavy atom. The third kappa shape index (κ3) is 3.80. The molecule has 0 saturated carbocycles. The van der Waals surface area contributed by atoms with Crippen LogP contribution in [0.25, 0.3) is 0 Å². The number of hydrogen-bond acceptors (Lipinski definition) is 3. The fourth-order valence-corrected chi connectivity index (χ4v) is 1.95. The van der Waals surface area contributed by atoms with Gasteiger partial charge in [-0.2, -0.15) is 10.2 Å². The summed E-state index contributed by atoms with van der Waals surface area (Å²) < 4.78 is 3.75. The number of rotatable bonds is 5. The largest absolute Gasteiger partial charge is 0.359 e. The lowest BCUT2D eigenvalue weighted by atomic mass is 10.3. The Balaban J connectivity index is 1.75. The number of nitrogens with one attached hydrogen (secondary N) is 2. The normalized spacial score (nSPS) is 10.6. The van der Waals surface area contributed by atoms with Gasteiger partial charge in [0.15, 0.2) is 5.11 Å². The van der Waals surface area contributed by atoms with Crippen LogP contribution in [0.15, 0.2) is 18.5 Å². The van der Waals surface area contributed by atoms with Crippen molar-refractivity contribution >= 4 is 17.3 Å². The molecule has 2 aromatic rings. The van der Waals surface area contributed by atoms with E-state index in [4.69, 9.17) is 12.2 Å². The summed E-state index contributed by atoms with van der Waals surface area (Å²) in [7, 11) is 1.93. The fraction of sp³-hybridized carbons (Fsp3) is 0.462. The van der Waals surface area contributed by atoms with E-state index >= 15 is 0 Å². The molecule has 7 heteroatoms. The Bertz CT molecular complexity index is 566. The van der Waals surface area contributed by atoms with Crippen LogP contribution in [0.5, 0.6) is 0 Å². The molecule has 0 aliphatic heterocycles. The number of aryl methyl sites for hydroxylation is 3. The van der Waals surface area contributed by atoms with Crippen molar-refractivity contribution < 1.29 is 0 Å². The van der Waals surface area contributed by atoms with Gasteiger partial charge in [-0.15, -0.1) is 0 Å². The molecule has 0 spiro atoms. The molecule has 0 radical (unpaired) electrons. The Labute approximate surface area is 124 Å². The Morgan fingerprint density at radius 1 is 1.35 bits per heavy atom. The van der Waals surface area contributed by atoms with Gasteiger partial charge in [-0.25, -0.2) is 0 Å². The molecule has 0 atom stereocenters. The van der Waals surface area contributed by atoms with Crippen molar-refractivity contribution in [2.75, 3.05) is 0 Å². The lowest BCUT2D eigenvalue weighted by Crippen LogP contribution is -2.34. The van der Waals surface area contributed by atoms with Gasteiger partial charge in [0.25, 0.3) is 0 Å². The van der Waals surface area contributed by atoms with Gasteiger partial charge < -0.3 is 10.6 Å². The highest BCUT2D eigenvalue weighted by atomic mass is 32.1. The van der Waals surface area contributed by atoms with Gasteiger partial charge in [0.1, 0.15) is 0 Å². The SMILES string of the molecule is CCn1cc(CNC(=S)NCc2cc(C)n(C)n2)cn1. The molecular weight excluding hydrogens is 272 g/mol. The second kappa shape index (κ2) is 6.51. The maximum atomic E-state index is 5.24. The zero-order valence-corrected chi connectivity index (χ0v) is 12.9. The number of thiocarbonyl (C=S) groups is 1. The van der Waals surface area contributed by atoms with E-state index in [0.717, 1.165) is 23.5 Å². The van der Waals surface area contributed by atoms with Crippen molar-refractivity contribution in [2.45, 2.75) is 33.5 Å². The van der Waals surface area contributed by atoms with E-state index in [1.165, 1.54) is 0 Å². The lowest BCUT2D eigenvalue weighted by Gasteiger charge is -2.08. The van der Waals surface area contributed by atoms with E-state index < -0.39 is 0 Å². The summed E-state index contributed by atoms with van der Waals surface area (Å²) >= 11 is 5.24. The van der Waals surface area contributed by atoms with E-state index in [1.807, 2.05) is 41.8 Å². The van der Waals surface area contributed by atoms with Crippen molar-refractivity contribution in [3.8, 4) is 0 Å². The van der Waals surface area contributed by atoms with E-state index in [1.54, 1.807) is 0 Å². The number of aromatic nitrogens is 4. The summed E-state index contributed by atoms with van der Waals surface area (Å²) in [6, 6.07) is 2.04. The Kier molecular flexibility index (Phi) is 4.73. The molecule has 0 aliphatic carbocycles. The molecule has 2 heterocycles. The molecule has 0 aliphatic rings. The highest BCUT2D eigenvalue weighted by Crippen LogP contribution is 2.00. The van der Waals surface area contributed by atoms with E-state index in [2.05, 4.69) is 27.8 Å². The Morgan fingerprint density at radius 2 is 2.10 bits per heavy atom.